The van der Waals surface area contributed by atoms with Crippen LogP contribution in [-0.4, -0.2) is 54.8 Å². The molecule has 2 amide bonds. The van der Waals surface area contributed by atoms with E-state index in [2.05, 4.69) is 5.32 Å². The SMILES string of the molecule is COC1CCN(C(=O)CCc2cccc(F)c2F)C(CNC(=O)OC(C)(C)C)C1. The van der Waals surface area contributed by atoms with Crippen LogP contribution in [-0.2, 0) is 20.7 Å². The molecule has 162 valence electrons. The monoisotopic (exact) mass is 412 g/mol. The van der Waals surface area contributed by atoms with Gasteiger partial charge >= 0.3 is 6.09 Å². The van der Waals surface area contributed by atoms with Crippen LogP contribution in [0.25, 0.3) is 0 Å². The molecule has 0 aliphatic carbocycles. The predicted octanol–water partition coefficient (Wildman–Crippen LogP) is 3.43. The highest BCUT2D eigenvalue weighted by atomic mass is 19.2. The molecule has 1 heterocycles. The molecule has 0 spiro atoms. The lowest BCUT2D eigenvalue weighted by molar-refractivity contribution is -0.137. The Morgan fingerprint density at radius 1 is 1.28 bits per heavy atom. The summed E-state index contributed by atoms with van der Waals surface area (Å²) in [4.78, 5) is 26.4. The van der Waals surface area contributed by atoms with Gasteiger partial charge in [-0.05, 0) is 51.7 Å². The minimum atomic E-state index is -0.921. The van der Waals surface area contributed by atoms with Crippen molar-refractivity contribution in [3.8, 4) is 0 Å². The highest BCUT2D eigenvalue weighted by molar-refractivity contribution is 5.77. The van der Waals surface area contributed by atoms with Gasteiger partial charge in [0.05, 0.1) is 12.1 Å². The van der Waals surface area contributed by atoms with Crippen LogP contribution in [0.5, 0.6) is 0 Å². The van der Waals surface area contributed by atoms with Crippen molar-refractivity contribution < 1.29 is 27.8 Å². The van der Waals surface area contributed by atoms with Gasteiger partial charge in [-0.2, -0.15) is 0 Å². The van der Waals surface area contributed by atoms with Gasteiger partial charge in [0.1, 0.15) is 5.60 Å². The van der Waals surface area contributed by atoms with Crippen molar-refractivity contribution in [1.82, 2.24) is 10.2 Å². The Balaban J connectivity index is 1.98. The summed E-state index contributed by atoms with van der Waals surface area (Å²) in [7, 11) is 1.62. The van der Waals surface area contributed by atoms with Crippen LogP contribution >= 0.6 is 0 Å². The summed E-state index contributed by atoms with van der Waals surface area (Å²) in [6, 6.07) is 3.69. The molecule has 29 heavy (non-hydrogen) atoms. The Hall–Kier alpha value is -2.22. The fourth-order valence-electron chi connectivity index (χ4n) is 3.39. The maximum Gasteiger partial charge on any atom is 0.407 e. The molecule has 8 heteroatoms. The number of piperidine rings is 1. The van der Waals surface area contributed by atoms with Gasteiger partial charge in [-0.25, -0.2) is 13.6 Å². The molecule has 0 bridgehead atoms. The van der Waals surface area contributed by atoms with Crippen molar-refractivity contribution in [3.05, 3.63) is 35.4 Å². The van der Waals surface area contributed by atoms with Gasteiger partial charge in [0.25, 0.3) is 0 Å². The Kier molecular flexibility index (Phi) is 7.96. The minimum absolute atomic E-state index is 0.00912. The standard InChI is InChI=1S/C21H30F2N2O4/c1-21(2,3)29-20(27)24-13-15-12-16(28-4)10-11-25(15)18(26)9-8-14-6-5-7-17(22)19(14)23/h5-7,15-16H,8-13H2,1-4H3,(H,24,27). The number of hydrogen-bond donors (Lipinski definition) is 1. The highest BCUT2D eigenvalue weighted by Crippen LogP contribution is 2.22. The lowest BCUT2D eigenvalue weighted by Gasteiger charge is -2.39. The van der Waals surface area contributed by atoms with Gasteiger partial charge < -0.3 is 19.7 Å². The third kappa shape index (κ3) is 6.96. The number of carbonyl (C=O) groups excluding carboxylic acids is 2. The van der Waals surface area contributed by atoms with E-state index in [0.717, 1.165) is 6.07 Å². The fraction of sp³-hybridized carbons (Fsp3) is 0.619. The van der Waals surface area contributed by atoms with Gasteiger partial charge in [-0.15, -0.1) is 0 Å². The smallest absolute Gasteiger partial charge is 0.407 e. The molecule has 1 N–H and O–H groups in total. The number of nitrogens with zero attached hydrogens (tertiary/aromatic N) is 1. The third-order valence-electron chi connectivity index (χ3n) is 4.84. The number of nitrogens with one attached hydrogen (secondary N) is 1. The number of halogens is 2. The zero-order valence-corrected chi connectivity index (χ0v) is 17.5. The predicted molar refractivity (Wildman–Crippen MR) is 104 cm³/mol. The van der Waals surface area contributed by atoms with E-state index >= 15 is 0 Å². The van der Waals surface area contributed by atoms with Crippen molar-refractivity contribution in [2.45, 2.75) is 64.2 Å². The zero-order chi connectivity index (χ0) is 21.6. The van der Waals surface area contributed by atoms with E-state index in [0.29, 0.717) is 19.4 Å². The summed E-state index contributed by atoms with van der Waals surface area (Å²) in [5, 5.41) is 2.71. The first-order valence-electron chi connectivity index (χ1n) is 9.82. The number of aryl methyl sites for hydroxylation is 1. The Labute approximate surface area is 170 Å². The molecule has 2 atom stereocenters. The Morgan fingerprint density at radius 3 is 2.66 bits per heavy atom. The van der Waals surface area contributed by atoms with Crippen molar-refractivity contribution in [2.75, 3.05) is 20.2 Å². The van der Waals surface area contributed by atoms with Gasteiger partial charge in [0.2, 0.25) is 5.91 Å². The molecule has 2 unspecified atom stereocenters. The van der Waals surface area contributed by atoms with E-state index < -0.39 is 23.3 Å². The summed E-state index contributed by atoms with van der Waals surface area (Å²) in [6.07, 6.45) is 0.863. The molecule has 1 aromatic carbocycles. The second-order valence-electron chi connectivity index (χ2n) is 8.22. The lowest BCUT2D eigenvalue weighted by atomic mass is 9.98. The molecule has 0 radical (unpaired) electrons. The highest BCUT2D eigenvalue weighted by Gasteiger charge is 2.32. The zero-order valence-electron chi connectivity index (χ0n) is 17.5. The first-order valence-corrected chi connectivity index (χ1v) is 9.82. The molecule has 1 saturated heterocycles. The van der Waals surface area contributed by atoms with Gasteiger partial charge in [-0.1, -0.05) is 12.1 Å². The largest absolute Gasteiger partial charge is 0.444 e. The number of alkyl carbamates (subject to hydrolysis) is 1. The fourth-order valence-corrected chi connectivity index (χ4v) is 3.39. The van der Waals surface area contributed by atoms with Crippen molar-refractivity contribution >= 4 is 12.0 Å². The minimum Gasteiger partial charge on any atom is -0.444 e. The molecule has 1 fully saturated rings. The number of amides is 2. The van der Waals surface area contributed by atoms with Crippen LogP contribution in [0.4, 0.5) is 13.6 Å². The average molecular weight is 412 g/mol. The summed E-state index contributed by atoms with van der Waals surface area (Å²) in [5.41, 5.74) is -0.440. The molecule has 1 aromatic rings. The van der Waals surface area contributed by atoms with E-state index in [9.17, 15) is 18.4 Å². The first-order chi connectivity index (χ1) is 13.6. The Morgan fingerprint density at radius 2 is 2.00 bits per heavy atom. The van der Waals surface area contributed by atoms with Crippen LogP contribution in [0.3, 0.4) is 0 Å². The van der Waals surface area contributed by atoms with Crippen LogP contribution in [0.2, 0.25) is 0 Å². The quantitative estimate of drug-likeness (QED) is 0.777. The molecule has 0 aromatic heterocycles. The van der Waals surface area contributed by atoms with Crippen LogP contribution < -0.4 is 5.32 Å². The van der Waals surface area contributed by atoms with Crippen molar-refractivity contribution in [3.63, 3.8) is 0 Å². The number of methoxy groups -OCH3 is 1. The average Bonchev–Trinajstić information content (AvgIpc) is 2.65. The second-order valence-corrected chi connectivity index (χ2v) is 8.22. The second kappa shape index (κ2) is 10.0. The Bertz CT molecular complexity index is 721. The van der Waals surface area contributed by atoms with Crippen LogP contribution in [0.1, 0.15) is 45.6 Å². The number of benzene rings is 1. The molecular weight excluding hydrogens is 382 g/mol. The number of likely N-dealkylation sites (tertiary alicyclic amines) is 1. The van der Waals surface area contributed by atoms with Crippen molar-refractivity contribution in [1.29, 1.82) is 0 Å². The van der Waals surface area contributed by atoms with Gasteiger partial charge in [0.15, 0.2) is 11.6 Å². The first kappa shape index (κ1) is 23.1. The molecule has 1 aliphatic rings. The molecule has 1 aliphatic heterocycles. The number of ether oxygens (including phenoxy) is 2. The van der Waals surface area contributed by atoms with Gasteiger partial charge in [0, 0.05) is 26.6 Å². The topological polar surface area (TPSA) is 67.9 Å². The van der Waals surface area contributed by atoms with E-state index in [1.807, 2.05) is 0 Å². The summed E-state index contributed by atoms with van der Waals surface area (Å²) in [5.74, 6) is -2.00. The van der Waals surface area contributed by atoms with Crippen LogP contribution in [0.15, 0.2) is 18.2 Å². The number of carbonyl (C=O) groups is 2. The van der Waals surface area contributed by atoms with Crippen molar-refractivity contribution in [2.24, 2.45) is 0 Å². The lowest BCUT2D eigenvalue weighted by Crippen LogP contribution is -2.53. The molecule has 6 nitrogen and oxygen atoms in total. The number of rotatable bonds is 6. The van der Waals surface area contributed by atoms with Gasteiger partial charge in [-0.3, -0.25) is 4.79 Å². The molecule has 0 saturated carbocycles. The maximum absolute atomic E-state index is 13.8. The molecular formula is C21H30F2N2O4. The van der Waals surface area contributed by atoms with E-state index in [-0.39, 0.29) is 43.0 Å². The number of hydrogen-bond acceptors (Lipinski definition) is 4. The molecule has 2 rings (SSSR count). The van der Waals surface area contributed by atoms with E-state index in [1.165, 1.54) is 12.1 Å². The van der Waals surface area contributed by atoms with E-state index in [1.54, 1.807) is 32.8 Å². The van der Waals surface area contributed by atoms with Crippen LogP contribution in [0, 0.1) is 11.6 Å². The normalized spacial score (nSPS) is 19.7. The summed E-state index contributed by atoms with van der Waals surface area (Å²) >= 11 is 0. The third-order valence-corrected chi connectivity index (χ3v) is 4.84. The van der Waals surface area contributed by atoms with E-state index in [4.69, 9.17) is 9.47 Å². The summed E-state index contributed by atoms with van der Waals surface area (Å²) < 4.78 is 37.9. The maximum atomic E-state index is 13.8. The summed E-state index contributed by atoms with van der Waals surface area (Å²) in [6.45, 7) is 6.03.